The molecule has 2 heteroatoms. The van der Waals surface area contributed by atoms with E-state index in [1.54, 1.807) is 0 Å². The first-order valence-corrected chi connectivity index (χ1v) is 6.22. The van der Waals surface area contributed by atoms with Crippen LogP contribution in [0.3, 0.4) is 0 Å². The first-order chi connectivity index (χ1) is 9.25. The zero-order valence-corrected chi connectivity index (χ0v) is 11.0. The van der Waals surface area contributed by atoms with Gasteiger partial charge in [-0.1, -0.05) is 67.2 Å². The molecule has 2 nitrogen and oxygen atoms in total. The molecule has 96 valence electrons. The van der Waals surface area contributed by atoms with Crippen LogP contribution < -0.4 is 0 Å². The Bertz CT molecular complexity index is 521. The Hall–Kier alpha value is -2.35. The number of rotatable bonds is 1. The lowest BCUT2D eigenvalue weighted by Crippen LogP contribution is -1.88. The van der Waals surface area contributed by atoms with E-state index in [4.69, 9.17) is 4.74 Å². The van der Waals surface area contributed by atoms with E-state index >= 15 is 0 Å². The van der Waals surface area contributed by atoms with Crippen LogP contribution in [0.2, 0.25) is 0 Å². The van der Waals surface area contributed by atoms with E-state index in [0.29, 0.717) is 6.61 Å². The normalized spacial score (nSPS) is 13.1. The highest BCUT2D eigenvalue weighted by Gasteiger charge is 2.02. The lowest BCUT2D eigenvalue weighted by molar-refractivity contribution is 0.361. The van der Waals surface area contributed by atoms with Crippen molar-refractivity contribution >= 4 is 5.90 Å². The van der Waals surface area contributed by atoms with Gasteiger partial charge in [0.25, 0.3) is 0 Å². The van der Waals surface area contributed by atoms with Crippen LogP contribution >= 0.6 is 0 Å². The minimum atomic E-state index is 0.575. The molecule has 0 bridgehead atoms. The van der Waals surface area contributed by atoms with Crippen LogP contribution in [0.5, 0.6) is 0 Å². The highest BCUT2D eigenvalue weighted by Crippen LogP contribution is 2.17. The second kappa shape index (κ2) is 6.55. The molecule has 0 unspecified atom stereocenters. The minimum Gasteiger partial charge on any atom is -0.475 e. The van der Waals surface area contributed by atoms with Gasteiger partial charge in [-0.15, -0.1) is 0 Å². The van der Waals surface area contributed by atoms with Gasteiger partial charge >= 0.3 is 0 Å². The van der Waals surface area contributed by atoms with Gasteiger partial charge in [-0.2, -0.15) is 0 Å². The van der Waals surface area contributed by atoms with Crippen LogP contribution in [0.15, 0.2) is 77.9 Å². The van der Waals surface area contributed by atoms with Crippen LogP contribution in [0, 0.1) is 0 Å². The molecular formula is C17H17NO. The lowest BCUT2D eigenvalue weighted by Gasteiger charge is -1.98. The highest BCUT2D eigenvalue weighted by atomic mass is 16.5. The van der Waals surface area contributed by atoms with E-state index in [1.165, 1.54) is 11.1 Å². The Morgan fingerprint density at radius 1 is 0.895 bits per heavy atom. The molecule has 0 fully saturated rings. The fourth-order valence-electron chi connectivity index (χ4n) is 1.74. The molecule has 3 rings (SSSR count). The Morgan fingerprint density at radius 3 is 1.63 bits per heavy atom. The summed E-state index contributed by atoms with van der Waals surface area (Å²) in [5, 5.41) is 0. The second-order valence-electron chi connectivity index (χ2n) is 4.22. The maximum absolute atomic E-state index is 4.92. The van der Waals surface area contributed by atoms with Crippen molar-refractivity contribution in [1.82, 2.24) is 0 Å². The van der Waals surface area contributed by atoms with E-state index in [-0.39, 0.29) is 0 Å². The van der Waals surface area contributed by atoms with Gasteiger partial charge in [0.05, 0.1) is 5.70 Å². The average Bonchev–Trinajstić information content (AvgIpc) is 2.85. The maximum Gasteiger partial charge on any atom is 0.185 e. The predicted octanol–water partition coefficient (Wildman–Crippen LogP) is 4.30. The van der Waals surface area contributed by atoms with Crippen molar-refractivity contribution in [3.63, 3.8) is 0 Å². The van der Waals surface area contributed by atoms with Gasteiger partial charge in [0, 0.05) is 6.92 Å². The molecule has 0 atom stereocenters. The average molecular weight is 251 g/mol. The van der Waals surface area contributed by atoms with E-state index in [1.807, 2.05) is 19.1 Å². The van der Waals surface area contributed by atoms with Crippen LogP contribution in [0.4, 0.5) is 0 Å². The zero-order chi connectivity index (χ0) is 13.5. The van der Waals surface area contributed by atoms with Crippen molar-refractivity contribution in [1.29, 1.82) is 0 Å². The van der Waals surface area contributed by atoms with Crippen molar-refractivity contribution in [3.8, 4) is 11.1 Å². The maximum atomic E-state index is 4.92. The molecule has 0 aromatic heterocycles. The van der Waals surface area contributed by atoms with Gasteiger partial charge in [-0.05, 0) is 11.1 Å². The number of hydrogen-bond acceptors (Lipinski definition) is 2. The van der Waals surface area contributed by atoms with Crippen molar-refractivity contribution in [2.75, 3.05) is 6.61 Å². The first kappa shape index (κ1) is 13.1. The molecule has 0 saturated carbocycles. The molecule has 0 radical (unpaired) electrons. The largest absolute Gasteiger partial charge is 0.475 e. The third-order valence-corrected chi connectivity index (χ3v) is 2.64. The summed E-state index contributed by atoms with van der Waals surface area (Å²) in [5.41, 5.74) is 3.37. The third-order valence-electron chi connectivity index (χ3n) is 2.64. The summed E-state index contributed by atoms with van der Waals surface area (Å²) in [5.74, 6) is 0.727. The Labute approximate surface area is 114 Å². The molecule has 1 aliphatic rings. The van der Waals surface area contributed by atoms with Crippen molar-refractivity contribution < 1.29 is 4.74 Å². The molecule has 0 amide bonds. The van der Waals surface area contributed by atoms with Gasteiger partial charge < -0.3 is 4.74 Å². The summed E-state index contributed by atoms with van der Waals surface area (Å²) in [6.45, 7) is 5.98. The van der Waals surface area contributed by atoms with Gasteiger partial charge in [0.1, 0.15) is 6.61 Å². The molecule has 0 saturated heterocycles. The van der Waals surface area contributed by atoms with Crippen LogP contribution in [-0.4, -0.2) is 12.5 Å². The molecule has 1 heterocycles. The monoisotopic (exact) mass is 251 g/mol. The van der Waals surface area contributed by atoms with Crippen LogP contribution in [0.1, 0.15) is 6.92 Å². The van der Waals surface area contributed by atoms with Gasteiger partial charge in [-0.3, -0.25) is 0 Å². The topological polar surface area (TPSA) is 21.6 Å². The third kappa shape index (κ3) is 4.11. The highest BCUT2D eigenvalue weighted by molar-refractivity contribution is 5.76. The quantitative estimate of drug-likeness (QED) is 0.740. The Balaban J connectivity index is 0.000000163. The Morgan fingerprint density at radius 2 is 1.37 bits per heavy atom. The molecule has 2 aromatic carbocycles. The summed E-state index contributed by atoms with van der Waals surface area (Å²) in [6, 6.07) is 20.8. The fourth-order valence-corrected chi connectivity index (χ4v) is 1.74. The molecule has 0 aliphatic carbocycles. The van der Waals surface area contributed by atoms with E-state index in [2.05, 4.69) is 60.1 Å². The Kier molecular flexibility index (Phi) is 4.51. The van der Waals surface area contributed by atoms with Gasteiger partial charge in [-0.25, -0.2) is 4.99 Å². The van der Waals surface area contributed by atoms with Gasteiger partial charge in [0.15, 0.2) is 5.90 Å². The molecule has 0 spiro atoms. The van der Waals surface area contributed by atoms with Crippen molar-refractivity contribution in [3.05, 3.63) is 72.9 Å². The summed E-state index contributed by atoms with van der Waals surface area (Å²) in [7, 11) is 0. The van der Waals surface area contributed by atoms with Crippen molar-refractivity contribution in [2.24, 2.45) is 4.99 Å². The standard InChI is InChI=1S/C12H10.C5H7NO/c1-3-7-11(8-4-1)12-9-5-2-6-10-12;1-4-3-7-5(2)6-4/h1-10H;1,3H2,2H3. The summed E-state index contributed by atoms with van der Waals surface area (Å²) in [6.07, 6.45) is 0. The molecule has 1 aliphatic heterocycles. The summed E-state index contributed by atoms with van der Waals surface area (Å²) >= 11 is 0. The van der Waals surface area contributed by atoms with E-state index in [9.17, 15) is 0 Å². The number of nitrogens with zero attached hydrogens (tertiary/aromatic N) is 1. The molecule has 0 N–H and O–H groups in total. The molecule has 19 heavy (non-hydrogen) atoms. The van der Waals surface area contributed by atoms with E-state index < -0.39 is 0 Å². The predicted molar refractivity (Wildman–Crippen MR) is 80.1 cm³/mol. The molecular weight excluding hydrogens is 234 g/mol. The van der Waals surface area contributed by atoms with Gasteiger partial charge in [0.2, 0.25) is 0 Å². The number of benzene rings is 2. The second-order valence-corrected chi connectivity index (χ2v) is 4.22. The van der Waals surface area contributed by atoms with Crippen LogP contribution in [-0.2, 0) is 4.74 Å². The number of ether oxygens (including phenoxy) is 1. The van der Waals surface area contributed by atoms with Crippen molar-refractivity contribution in [2.45, 2.75) is 6.92 Å². The fraction of sp³-hybridized carbons (Fsp3) is 0.118. The molecule has 2 aromatic rings. The van der Waals surface area contributed by atoms with Crippen LogP contribution in [0.25, 0.3) is 11.1 Å². The summed E-state index contributed by atoms with van der Waals surface area (Å²) < 4.78 is 4.92. The lowest BCUT2D eigenvalue weighted by atomic mass is 10.1. The number of aliphatic imine (C=N–C) groups is 1. The van der Waals surface area contributed by atoms with E-state index in [0.717, 1.165) is 11.6 Å². The zero-order valence-electron chi connectivity index (χ0n) is 11.0. The minimum absolute atomic E-state index is 0.575. The SMILES string of the molecule is C=C1COC(C)=N1.c1ccc(-c2ccccc2)cc1. The number of hydrogen-bond donors (Lipinski definition) is 0. The summed E-state index contributed by atoms with van der Waals surface area (Å²) in [4.78, 5) is 3.89. The first-order valence-electron chi connectivity index (χ1n) is 6.22. The smallest absolute Gasteiger partial charge is 0.185 e.